The second kappa shape index (κ2) is 5.83. The summed E-state index contributed by atoms with van der Waals surface area (Å²) in [7, 11) is 0. The quantitative estimate of drug-likeness (QED) is 0.776. The van der Waals surface area contributed by atoms with Crippen molar-refractivity contribution in [1.29, 1.82) is 0 Å². The monoisotopic (exact) mass is 342 g/mol. The molecular weight excluding hydrogens is 327 g/mol. The van der Waals surface area contributed by atoms with Crippen LogP contribution in [0.1, 0.15) is 24.1 Å². The van der Waals surface area contributed by atoms with Gasteiger partial charge in [-0.2, -0.15) is 0 Å². The SMILES string of the molecule is O=C(NCc1cn(-c2cccs2)nn1)C1(c2ccc(F)cc2)CC1. The maximum atomic E-state index is 13.1. The van der Waals surface area contributed by atoms with Gasteiger partial charge in [-0.05, 0) is 48.1 Å². The van der Waals surface area contributed by atoms with Crippen LogP contribution < -0.4 is 5.32 Å². The molecule has 1 fully saturated rings. The summed E-state index contributed by atoms with van der Waals surface area (Å²) in [4.78, 5) is 12.6. The number of aromatic nitrogens is 3. The summed E-state index contributed by atoms with van der Waals surface area (Å²) in [5.41, 5.74) is 1.05. The molecule has 24 heavy (non-hydrogen) atoms. The molecule has 1 aliphatic rings. The highest BCUT2D eigenvalue weighted by atomic mass is 32.1. The fraction of sp³-hybridized carbons (Fsp3) is 0.235. The van der Waals surface area contributed by atoms with Gasteiger partial charge in [-0.1, -0.05) is 17.3 Å². The molecule has 3 aromatic rings. The first-order valence-electron chi connectivity index (χ1n) is 7.67. The maximum Gasteiger partial charge on any atom is 0.230 e. The summed E-state index contributed by atoms with van der Waals surface area (Å²) in [5, 5.41) is 14.0. The number of thiophene rings is 1. The first-order valence-corrected chi connectivity index (χ1v) is 8.55. The van der Waals surface area contributed by atoms with E-state index in [0.717, 1.165) is 23.4 Å². The molecular formula is C17H15FN4OS. The number of hydrogen-bond acceptors (Lipinski definition) is 4. The minimum Gasteiger partial charge on any atom is -0.350 e. The largest absolute Gasteiger partial charge is 0.350 e. The molecule has 1 aliphatic carbocycles. The standard InChI is InChI=1S/C17H15FN4OS/c18-13-5-3-12(4-6-13)17(7-8-17)16(23)19-10-14-11-22(21-20-14)15-2-1-9-24-15/h1-6,9,11H,7-8,10H2,(H,19,23). The Morgan fingerprint density at radius 3 is 2.75 bits per heavy atom. The zero-order chi connectivity index (χ0) is 16.6. The summed E-state index contributed by atoms with van der Waals surface area (Å²) in [5.74, 6) is -0.333. The van der Waals surface area contributed by atoms with Crippen molar-refractivity contribution < 1.29 is 9.18 Å². The highest BCUT2D eigenvalue weighted by molar-refractivity contribution is 7.12. The molecule has 0 aliphatic heterocycles. The molecule has 0 radical (unpaired) electrons. The lowest BCUT2D eigenvalue weighted by molar-refractivity contribution is -0.123. The first-order chi connectivity index (χ1) is 11.7. The van der Waals surface area contributed by atoms with Crippen molar-refractivity contribution in [2.24, 2.45) is 0 Å². The van der Waals surface area contributed by atoms with E-state index in [-0.39, 0.29) is 11.7 Å². The van der Waals surface area contributed by atoms with E-state index in [1.807, 2.05) is 23.7 Å². The zero-order valence-corrected chi connectivity index (χ0v) is 13.6. The molecule has 2 heterocycles. The van der Waals surface area contributed by atoms with Gasteiger partial charge in [0.05, 0.1) is 18.2 Å². The van der Waals surface area contributed by atoms with Crippen molar-refractivity contribution in [2.45, 2.75) is 24.8 Å². The Labute approximate surface area is 142 Å². The number of carbonyl (C=O) groups is 1. The Balaban J connectivity index is 1.43. The minimum absolute atomic E-state index is 0.0419. The van der Waals surface area contributed by atoms with Crippen molar-refractivity contribution >= 4 is 17.2 Å². The second-order valence-corrected chi connectivity index (χ2v) is 6.80. The lowest BCUT2D eigenvalue weighted by Gasteiger charge is -2.15. The van der Waals surface area contributed by atoms with Gasteiger partial charge >= 0.3 is 0 Å². The molecule has 5 nitrogen and oxygen atoms in total. The molecule has 1 N–H and O–H groups in total. The van der Waals surface area contributed by atoms with Crippen LogP contribution in [0.2, 0.25) is 0 Å². The molecule has 1 saturated carbocycles. The van der Waals surface area contributed by atoms with Crippen molar-refractivity contribution in [1.82, 2.24) is 20.3 Å². The van der Waals surface area contributed by atoms with Crippen LogP contribution in [-0.2, 0) is 16.8 Å². The Hall–Kier alpha value is -2.54. The number of hydrogen-bond donors (Lipinski definition) is 1. The van der Waals surface area contributed by atoms with E-state index in [0.29, 0.717) is 12.2 Å². The Morgan fingerprint density at radius 1 is 1.29 bits per heavy atom. The van der Waals surface area contributed by atoms with Crippen molar-refractivity contribution in [3.05, 3.63) is 65.0 Å². The van der Waals surface area contributed by atoms with Crippen LogP contribution in [0.3, 0.4) is 0 Å². The predicted molar refractivity (Wildman–Crippen MR) is 88.4 cm³/mol. The first kappa shape index (κ1) is 15.0. The second-order valence-electron chi connectivity index (χ2n) is 5.88. The van der Waals surface area contributed by atoms with Gasteiger partial charge in [0, 0.05) is 0 Å². The number of rotatable bonds is 5. The number of benzene rings is 1. The molecule has 2 aromatic heterocycles. The maximum absolute atomic E-state index is 13.1. The van der Waals surface area contributed by atoms with Gasteiger partial charge in [-0.15, -0.1) is 16.4 Å². The Morgan fingerprint density at radius 2 is 2.08 bits per heavy atom. The van der Waals surface area contributed by atoms with Crippen molar-refractivity contribution in [3.63, 3.8) is 0 Å². The van der Waals surface area contributed by atoms with Crippen molar-refractivity contribution in [3.8, 4) is 5.00 Å². The molecule has 1 amide bonds. The summed E-state index contributed by atoms with van der Waals surface area (Å²) in [6.07, 6.45) is 3.38. The molecule has 0 atom stereocenters. The summed E-state index contributed by atoms with van der Waals surface area (Å²) >= 11 is 1.57. The molecule has 4 rings (SSSR count). The summed E-state index contributed by atoms with van der Waals surface area (Å²) < 4.78 is 14.8. The molecule has 7 heteroatoms. The topological polar surface area (TPSA) is 59.8 Å². The predicted octanol–water partition coefficient (Wildman–Crippen LogP) is 2.82. The van der Waals surface area contributed by atoms with Gasteiger partial charge in [0.1, 0.15) is 16.5 Å². The third kappa shape index (κ3) is 2.71. The lowest BCUT2D eigenvalue weighted by Crippen LogP contribution is -2.34. The molecule has 0 unspecified atom stereocenters. The van der Waals surface area contributed by atoms with Crippen LogP contribution in [0.5, 0.6) is 0 Å². The van der Waals surface area contributed by atoms with Gasteiger partial charge in [-0.3, -0.25) is 4.79 Å². The van der Waals surface area contributed by atoms with Crippen LogP contribution in [0, 0.1) is 5.82 Å². The van der Waals surface area contributed by atoms with E-state index in [4.69, 9.17) is 0 Å². The molecule has 0 spiro atoms. The van der Waals surface area contributed by atoms with Gasteiger partial charge in [0.25, 0.3) is 0 Å². The molecule has 0 bridgehead atoms. The Kier molecular flexibility index (Phi) is 3.65. The Bertz CT molecular complexity index is 853. The van der Waals surface area contributed by atoms with E-state index in [1.165, 1.54) is 12.1 Å². The smallest absolute Gasteiger partial charge is 0.230 e. The normalized spacial score (nSPS) is 15.2. The number of nitrogens with one attached hydrogen (secondary N) is 1. The van der Waals surface area contributed by atoms with Crippen molar-refractivity contribution in [2.75, 3.05) is 0 Å². The number of amides is 1. The van der Waals surface area contributed by atoms with Gasteiger partial charge in [0.2, 0.25) is 5.91 Å². The third-order valence-corrected chi connectivity index (χ3v) is 5.14. The van der Waals surface area contributed by atoms with E-state index in [1.54, 1.807) is 28.2 Å². The number of nitrogens with zero attached hydrogens (tertiary/aromatic N) is 3. The van der Waals surface area contributed by atoms with Crippen LogP contribution in [0.15, 0.2) is 48.0 Å². The zero-order valence-electron chi connectivity index (χ0n) is 12.8. The number of halogens is 1. The van der Waals surface area contributed by atoms with Gasteiger partial charge in [-0.25, -0.2) is 9.07 Å². The highest BCUT2D eigenvalue weighted by Gasteiger charge is 2.51. The van der Waals surface area contributed by atoms with Crippen LogP contribution in [0.4, 0.5) is 4.39 Å². The van der Waals surface area contributed by atoms with Crippen LogP contribution in [-0.4, -0.2) is 20.9 Å². The molecule has 1 aromatic carbocycles. The van der Waals surface area contributed by atoms with E-state index in [9.17, 15) is 9.18 Å². The fourth-order valence-corrected chi connectivity index (χ4v) is 3.42. The average Bonchev–Trinajstić information content (AvgIpc) is 3.00. The van der Waals surface area contributed by atoms with Gasteiger partial charge < -0.3 is 5.32 Å². The lowest BCUT2D eigenvalue weighted by atomic mass is 9.95. The van der Waals surface area contributed by atoms with E-state index in [2.05, 4.69) is 15.6 Å². The number of carbonyl (C=O) groups excluding carboxylic acids is 1. The van der Waals surface area contributed by atoms with E-state index >= 15 is 0 Å². The highest BCUT2D eigenvalue weighted by Crippen LogP contribution is 2.48. The third-order valence-electron chi connectivity index (χ3n) is 4.28. The summed E-state index contributed by atoms with van der Waals surface area (Å²) in [6, 6.07) is 10.1. The molecule has 122 valence electrons. The summed E-state index contributed by atoms with van der Waals surface area (Å²) in [6.45, 7) is 0.327. The van der Waals surface area contributed by atoms with Crippen LogP contribution in [0.25, 0.3) is 5.00 Å². The molecule has 0 saturated heterocycles. The average molecular weight is 342 g/mol. The van der Waals surface area contributed by atoms with Gasteiger partial charge in [0.15, 0.2) is 0 Å². The minimum atomic E-state index is -0.516. The fourth-order valence-electron chi connectivity index (χ4n) is 2.77. The van der Waals surface area contributed by atoms with Crippen LogP contribution >= 0.6 is 11.3 Å². The van der Waals surface area contributed by atoms with E-state index < -0.39 is 5.41 Å².